The van der Waals surface area contributed by atoms with Crippen LogP contribution in [-0.4, -0.2) is 11.7 Å². The summed E-state index contributed by atoms with van der Waals surface area (Å²) in [6, 6.07) is 13.2. The van der Waals surface area contributed by atoms with E-state index in [1.165, 1.54) is 12.1 Å². The molecule has 0 radical (unpaired) electrons. The SMILES string of the molecule is O=C(CCC(=O)c1ccccc1)NCc1ccc(C(F)(F)F)cc1. The largest absolute Gasteiger partial charge is 0.416 e. The van der Waals surface area contributed by atoms with Crippen LogP contribution < -0.4 is 5.32 Å². The number of rotatable bonds is 6. The van der Waals surface area contributed by atoms with Crippen LogP contribution in [0, 0.1) is 0 Å². The van der Waals surface area contributed by atoms with Gasteiger partial charge in [-0.15, -0.1) is 0 Å². The van der Waals surface area contributed by atoms with E-state index in [-0.39, 0.29) is 31.1 Å². The van der Waals surface area contributed by atoms with E-state index >= 15 is 0 Å². The first-order chi connectivity index (χ1) is 11.4. The molecular weight excluding hydrogens is 319 g/mol. The van der Waals surface area contributed by atoms with Gasteiger partial charge in [-0.3, -0.25) is 9.59 Å². The smallest absolute Gasteiger partial charge is 0.352 e. The lowest BCUT2D eigenvalue weighted by Gasteiger charge is -2.08. The molecule has 0 atom stereocenters. The highest BCUT2D eigenvalue weighted by Crippen LogP contribution is 2.29. The normalized spacial score (nSPS) is 11.1. The molecule has 1 amide bonds. The van der Waals surface area contributed by atoms with E-state index in [9.17, 15) is 22.8 Å². The van der Waals surface area contributed by atoms with Crippen molar-refractivity contribution in [2.24, 2.45) is 0 Å². The number of amides is 1. The monoisotopic (exact) mass is 335 g/mol. The summed E-state index contributed by atoms with van der Waals surface area (Å²) in [6.45, 7) is 0.122. The fraction of sp³-hybridized carbons (Fsp3) is 0.222. The Morgan fingerprint density at radius 1 is 0.875 bits per heavy atom. The van der Waals surface area contributed by atoms with Gasteiger partial charge in [-0.2, -0.15) is 13.2 Å². The van der Waals surface area contributed by atoms with Crippen LogP contribution in [-0.2, 0) is 17.5 Å². The number of benzene rings is 2. The minimum atomic E-state index is -4.38. The van der Waals surface area contributed by atoms with E-state index in [1.807, 2.05) is 0 Å². The Hall–Kier alpha value is -2.63. The molecule has 24 heavy (non-hydrogen) atoms. The molecule has 6 heteroatoms. The fourth-order valence-electron chi connectivity index (χ4n) is 2.10. The predicted molar refractivity (Wildman–Crippen MR) is 83.3 cm³/mol. The lowest BCUT2D eigenvalue weighted by molar-refractivity contribution is -0.137. The summed E-state index contributed by atoms with van der Waals surface area (Å²) in [6.07, 6.45) is -4.25. The van der Waals surface area contributed by atoms with E-state index in [0.717, 1.165) is 12.1 Å². The maximum atomic E-state index is 12.4. The third-order valence-electron chi connectivity index (χ3n) is 3.45. The Balaban J connectivity index is 1.78. The molecule has 0 aliphatic rings. The molecule has 0 aromatic heterocycles. The average Bonchev–Trinajstić information content (AvgIpc) is 2.58. The second-order valence-electron chi connectivity index (χ2n) is 5.26. The van der Waals surface area contributed by atoms with Crippen LogP contribution in [0.25, 0.3) is 0 Å². The van der Waals surface area contributed by atoms with Gasteiger partial charge in [0.25, 0.3) is 0 Å². The van der Waals surface area contributed by atoms with Gasteiger partial charge in [0.1, 0.15) is 0 Å². The van der Waals surface area contributed by atoms with E-state index in [2.05, 4.69) is 5.32 Å². The molecule has 0 bridgehead atoms. The topological polar surface area (TPSA) is 46.2 Å². The zero-order valence-corrected chi connectivity index (χ0v) is 12.8. The molecule has 0 saturated carbocycles. The lowest BCUT2D eigenvalue weighted by Crippen LogP contribution is -2.23. The number of hydrogen-bond donors (Lipinski definition) is 1. The highest BCUT2D eigenvalue weighted by molar-refractivity contribution is 5.97. The molecule has 0 aliphatic carbocycles. The van der Waals surface area contributed by atoms with Crippen LogP contribution in [0.2, 0.25) is 0 Å². The van der Waals surface area contributed by atoms with Gasteiger partial charge in [0.15, 0.2) is 5.78 Å². The van der Waals surface area contributed by atoms with Crippen LogP contribution >= 0.6 is 0 Å². The summed E-state index contributed by atoms with van der Waals surface area (Å²) >= 11 is 0. The van der Waals surface area contributed by atoms with Crippen molar-refractivity contribution in [3.8, 4) is 0 Å². The molecule has 126 valence electrons. The van der Waals surface area contributed by atoms with Crippen LogP contribution in [0.5, 0.6) is 0 Å². The summed E-state index contributed by atoms with van der Waals surface area (Å²) in [4.78, 5) is 23.6. The molecule has 0 saturated heterocycles. The fourth-order valence-corrected chi connectivity index (χ4v) is 2.10. The van der Waals surface area contributed by atoms with E-state index in [0.29, 0.717) is 11.1 Å². The maximum Gasteiger partial charge on any atom is 0.416 e. The molecule has 2 aromatic carbocycles. The molecular formula is C18H16F3NO2. The first kappa shape index (κ1) is 17.7. The van der Waals surface area contributed by atoms with Crippen LogP contribution in [0.15, 0.2) is 54.6 Å². The Bertz CT molecular complexity index is 694. The molecule has 2 rings (SSSR count). The van der Waals surface area contributed by atoms with Crippen molar-refractivity contribution >= 4 is 11.7 Å². The highest BCUT2D eigenvalue weighted by atomic mass is 19.4. The number of alkyl halides is 3. The van der Waals surface area contributed by atoms with E-state index in [4.69, 9.17) is 0 Å². The van der Waals surface area contributed by atoms with E-state index < -0.39 is 11.7 Å². The number of hydrogen-bond acceptors (Lipinski definition) is 2. The highest BCUT2D eigenvalue weighted by Gasteiger charge is 2.29. The number of Topliss-reactive ketones (excluding diaryl/α,β-unsaturated/α-hetero) is 1. The Morgan fingerprint density at radius 2 is 1.50 bits per heavy atom. The quantitative estimate of drug-likeness (QED) is 0.812. The van der Waals surface area contributed by atoms with Crippen molar-refractivity contribution in [3.63, 3.8) is 0 Å². The number of carbonyl (C=O) groups excluding carboxylic acids is 2. The third kappa shape index (κ3) is 5.22. The molecule has 0 aliphatic heterocycles. The predicted octanol–water partition coefficient (Wildman–Crippen LogP) is 3.98. The van der Waals surface area contributed by atoms with Crippen LogP contribution in [0.4, 0.5) is 13.2 Å². The van der Waals surface area contributed by atoms with Crippen molar-refractivity contribution in [1.29, 1.82) is 0 Å². The molecule has 0 heterocycles. The first-order valence-corrected chi connectivity index (χ1v) is 7.37. The van der Waals surface area contributed by atoms with Crippen molar-refractivity contribution in [1.82, 2.24) is 5.32 Å². The Morgan fingerprint density at radius 3 is 2.08 bits per heavy atom. The molecule has 1 N–H and O–H groups in total. The third-order valence-corrected chi connectivity index (χ3v) is 3.45. The van der Waals surface area contributed by atoms with Gasteiger partial charge < -0.3 is 5.32 Å². The summed E-state index contributed by atoms with van der Waals surface area (Å²) in [7, 11) is 0. The summed E-state index contributed by atoms with van der Waals surface area (Å²) in [5, 5.41) is 2.59. The molecule has 2 aromatic rings. The van der Waals surface area contributed by atoms with Crippen molar-refractivity contribution in [2.75, 3.05) is 0 Å². The van der Waals surface area contributed by atoms with Crippen LogP contribution in [0.3, 0.4) is 0 Å². The van der Waals surface area contributed by atoms with Gasteiger partial charge in [0.05, 0.1) is 5.56 Å². The summed E-state index contributed by atoms with van der Waals surface area (Å²) < 4.78 is 37.3. The lowest BCUT2D eigenvalue weighted by atomic mass is 10.1. The number of carbonyl (C=O) groups is 2. The first-order valence-electron chi connectivity index (χ1n) is 7.37. The average molecular weight is 335 g/mol. The second-order valence-corrected chi connectivity index (χ2v) is 5.26. The van der Waals surface area contributed by atoms with E-state index in [1.54, 1.807) is 30.3 Å². The molecule has 0 fully saturated rings. The number of halogens is 3. The second kappa shape index (κ2) is 7.77. The summed E-state index contributed by atoms with van der Waals surface area (Å²) in [5.41, 5.74) is 0.379. The molecule has 0 unspecified atom stereocenters. The zero-order valence-electron chi connectivity index (χ0n) is 12.8. The summed E-state index contributed by atoms with van der Waals surface area (Å²) in [5.74, 6) is -0.445. The molecule has 0 spiro atoms. The van der Waals surface area contributed by atoms with Gasteiger partial charge in [-0.25, -0.2) is 0 Å². The Labute approximate surface area is 137 Å². The van der Waals surface area contributed by atoms with Gasteiger partial charge in [-0.05, 0) is 17.7 Å². The van der Waals surface area contributed by atoms with Crippen molar-refractivity contribution in [2.45, 2.75) is 25.6 Å². The Kier molecular flexibility index (Phi) is 5.73. The standard InChI is InChI=1S/C18H16F3NO2/c19-18(20,21)15-8-6-13(7-9-15)12-22-17(24)11-10-16(23)14-4-2-1-3-5-14/h1-9H,10-12H2,(H,22,24). The van der Waals surface area contributed by atoms with Crippen molar-refractivity contribution < 1.29 is 22.8 Å². The molecule has 3 nitrogen and oxygen atoms in total. The van der Waals surface area contributed by atoms with Crippen molar-refractivity contribution in [3.05, 3.63) is 71.3 Å². The van der Waals surface area contributed by atoms with Gasteiger partial charge in [0, 0.05) is 24.9 Å². The zero-order chi connectivity index (χ0) is 17.6. The van der Waals surface area contributed by atoms with Gasteiger partial charge in [-0.1, -0.05) is 42.5 Å². The minimum Gasteiger partial charge on any atom is -0.352 e. The van der Waals surface area contributed by atoms with Crippen LogP contribution in [0.1, 0.15) is 34.3 Å². The van der Waals surface area contributed by atoms with Gasteiger partial charge in [0.2, 0.25) is 5.91 Å². The minimum absolute atomic E-state index is 0.0361. The number of ketones is 1. The number of nitrogens with one attached hydrogen (secondary N) is 1. The maximum absolute atomic E-state index is 12.4. The van der Waals surface area contributed by atoms with Gasteiger partial charge >= 0.3 is 6.18 Å².